The molecule has 0 saturated carbocycles. The van der Waals surface area contributed by atoms with Crippen molar-refractivity contribution in [1.82, 2.24) is 15.5 Å². The standard InChI is InChI=1S/C13H14BrN3O2/c1-8-10(4-3-5-11(8)14)13(18)15-7-6-12-16-9(2)17-19-12/h3-5H,6-7H2,1-2H3,(H,15,18). The van der Waals surface area contributed by atoms with Gasteiger partial charge in [0.05, 0.1) is 0 Å². The molecule has 0 spiro atoms. The molecule has 5 nitrogen and oxygen atoms in total. The lowest BCUT2D eigenvalue weighted by Crippen LogP contribution is -2.26. The number of rotatable bonds is 4. The first-order chi connectivity index (χ1) is 9.08. The SMILES string of the molecule is Cc1noc(CCNC(=O)c2cccc(Br)c2C)n1. The van der Waals surface area contributed by atoms with E-state index in [2.05, 4.69) is 31.4 Å². The lowest BCUT2D eigenvalue weighted by molar-refractivity contribution is 0.0952. The van der Waals surface area contributed by atoms with Gasteiger partial charge in [-0.3, -0.25) is 4.79 Å². The summed E-state index contributed by atoms with van der Waals surface area (Å²) in [5.41, 5.74) is 1.59. The van der Waals surface area contributed by atoms with Crippen molar-refractivity contribution in [3.63, 3.8) is 0 Å². The lowest BCUT2D eigenvalue weighted by atomic mass is 10.1. The summed E-state index contributed by atoms with van der Waals surface area (Å²) in [5.74, 6) is 1.03. The average molecular weight is 324 g/mol. The van der Waals surface area contributed by atoms with Crippen LogP contribution in [0.1, 0.15) is 27.6 Å². The Bertz CT molecular complexity index is 595. The number of nitrogens with zero attached hydrogens (tertiary/aromatic N) is 2. The molecule has 100 valence electrons. The molecule has 1 heterocycles. The Morgan fingerprint density at radius 2 is 2.21 bits per heavy atom. The number of aromatic nitrogens is 2. The molecule has 19 heavy (non-hydrogen) atoms. The van der Waals surface area contributed by atoms with Crippen molar-refractivity contribution in [3.8, 4) is 0 Å². The Balaban J connectivity index is 1.93. The summed E-state index contributed by atoms with van der Waals surface area (Å²) in [4.78, 5) is 16.1. The highest BCUT2D eigenvalue weighted by Crippen LogP contribution is 2.19. The summed E-state index contributed by atoms with van der Waals surface area (Å²) < 4.78 is 5.90. The maximum absolute atomic E-state index is 12.0. The van der Waals surface area contributed by atoms with Gasteiger partial charge in [0.2, 0.25) is 5.89 Å². The van der Waals surface area contributed by atoms with Gasteiger partial charge < -0.3 is 9.84 Å². The van der Waals surface area contributed by atoms with Gasteiger partial charge in [-0.1, -0.05) is 27.2 Å². The van der Waals surface area contributed by atoms with Gasteiger partial charge in [0, 0.05) is 23.0 Å². The van der Waals surface area contributed by atoms with Gasteiger partial charge >= 0.3 is 0 Å². The molecule has 0 fully saturated rings. The normalized spacial score (nSPS) is 10.5. The zero-order chi connectivity index (χ0) is 13.8. The fourth-order valence-electron chi connectivity index (χ4n) is 1.67. The van der Waals surface area contributed by atoms with Gasteiger partial charge in [-0.25, -0.2) is 0 Å². The number of halogens is 1. The molecule has 1 N–H and O–H groups in total. The molecule has 2 rings (SSSR count). The van der Waals surface area contributed by atoms with Gasteiger partial charge in [-0.15, -0.1) is 0 Å². The maximum atomic E-state index is 12.0. The number of hydrogen-bond donors (Lipinski definition) is 1. The third-order valence-corrected chi connectivity index (χ3v) is 3.57. The highest BCUT2D eigenvalue weighted by atomic mass is 79.9. The summed E-state index contributed by atoms with van der Waals surface area (Å²) in [6.07, 6.45) is 0.527. The van der Waals surface area contributed by atoms with Crippen LogP contribution in [0, 0.1) is 13.8 Å². The highest BCUT2D eigenvalue weighted by molar-refractivity contribution is 9.10. The van der Waals surface area contributed by atoms with Gasteiger partial charge in [0.15, 0.2) is 5.82 Å². The van der Waals surface area contributed by atoms with Gasteiger partial charge in [0.25, 0.3) is 5.91 Å². The lowest BCUT2D eigenvalue weighted by Gasteiger charge is -2.07. The van der Waals surface area contributed by atoms with Crippen LogP contribution in [-0.4, -0.2) is 22.6 Å². The molecule has 0 unspecified atom stereocenters. The Morgan fingerprint density at radius 3 is 2.89 bits per heavy atom. The van der Waals surface area contributed by atoms with Crippen molar-refractivity contribution in [2.45, 2.75) is 20.3 Å². The number of aryl methyl sites for hydroxylation is 1. The Kier molecular flexibility index (Phi) is 4.31. The molecule has 2 aromatic rings. The number of carbonyl (C=O) groups is 1. The second kappa shape index (κ2) is 5.97. The number of nitrogens with one attached hydrogen (secondary N) is 1. The Morgan fingerprint density at radius 1 is 1.42 bits per heavy atom. The molecule has 0 bridgehead atoms. The molecule has 0 aliphatic heterocycles. The van der Waals surface area contributed by atoms with E-state index in [0.29, 0.717) is 30.2 Å². The van der Waals surface area contributed by atoms with E-state index in [-0.39, 0.29) is 5.91 Å². The summed E-state index contributed by atoms with van der Waals surface area (Å²) >= 11 is 3.41. The van der Waals surface area contributed by atoms with Crippen molar-refractivity contribution in [2.24, 2.45) is 0 Å². The Labute approximate surface area is 119 Å². The van der Waals surface area contributed by atoms with Crippen molar-refractivity contribution < 1.29 is 9.32 Å². The predicted molar refractivity (Wildman–Crippen MR) is 74.0 cm³/mol. The van der Waals surface area contributed by atoms with Crippen LogP contribution in [0.15, 0.2) is 27.2 Å². The number of benzene rings is 1. The number of hydrogen-bond acceptors (Lipinski definition) is 4. The van der Waals surface area contributed by atoms with Crippen molar-refractivity contribution >= 4 is 21.8 Å². The largest absolute Gasteiger partial charge is 0.352 e. The third-order valence-electron chi connectivity index (χ3n) is 2.71. The van der Waals surface area contributed by atoms with Crippen molar-refractivity contribution in [3.05, 3.63) is 45.5 Å². The van der Waals surface area contributed by atoms with Crippen LogP contribution in [0.5, 0.6) is 0 Å². The smallest absolute Gasteiger partial charge is 0.251 e. The molecule has 1 aromatic heterocycles. The molecule has 0 atom stereocenters. The fraction of sp³-hybridized carbons (Fsp3) is 0.308. The van der Waals surface area contributed by atoms with Crippen LogP contribution < -0.4 is 5.32 Å². The number of amides is 1. The first-order valence-corrected chi connectivity index (χ1v) is 6.69. The highest BCUT2D eigenvalue weighted by Gasteiger charge is 2.10. The summed E-state index contributed by atoms with van der Waals surface area (Å²) in [6.45, 7) is 4.13. The molecular weight excluding hydrogens is 310 g/mol. The van der Waals surface area contributed by atoms with Crippen LogP contribution in [0.2, 0.25) is 0 Å². The molecule has 0 saturated heterocycles. The van der Waals surface area contributed by atoms with E-state index < -0.39 is 0 Å². The minimum absolute atomic E-state index is 0.102. The Hall–Kier alpha value is -1.69. The molecule has 1 amide bonds. The zero-order valence-electron chi connectivity index (χ0n) is 10.7. The second-order valence-corrected chi connectivity index (χ2v) is 5.01. The first kappa shape index (κ1) is 13.7. The van der Waals surface area contributed by atoms with Crippen LogP contribution in [0.25, 0.3) is 0 Å². The van der Waals surface area contributed by atoms with E-state index in [4.69, 9.17) is 4.52 Å². The monoisotopic (exact) mass is 323 g/mol. The molecule has 1 aromatic carbocycles. The maximum Gasteiger partial charge on any atom is 0.251 e. The average Bonchev–Trinajstić information content (AvgIpc) is 2.78. The van der Waals surface area contributed by atoms with Crippen LogP contribution in [-0.2, 0) is 6.42 Å². The summed E-state index contributed by atoms with van der Waals surface area (Å²) in [5, 5.41) is 6.53. The van der Waals surface area contributed by atoms with Crippen LogP contribution >= 0.6 is 15.9 Å². The minimum atomic E-state index is -0.102. The topological polar surface area (TPSA) is 68.0 Å². The van der Waals surface area contributed by atoms with Crippen molar-refractivity contribution in [2.75, 3.05) is 6.54 Å². The first-order valence-electron chi connectivity index (χ1n) is 5.90. The quantitative estimate of drug-likeness (QED) is 0.938. The third kappa shape index (κ3) is 3.41. The summed E-state index contributed by atoms with van der Waals surface area (Å²) in [7, 11) is 0. The van der Waals surface area contributed by atoms with E-state index >= 15 is 0 Å². The fourth-order valence-corrected chi connectivity index (χ4v) is 2.04. The predicted octanol–water partition coefficient (Wildman–Crippen LogP) is 2.42. The van der Waals surface area contributed by atoms with Crippen LogP contribution in [0.4, 0.5) is 0 Å². The van der Waals surface area contributed by atoms with Gasteiger partial charge in [-0.2, -0.15) is 4.98 Å². The van der Waals surface area contributed by atoms with Gasteiger partial charge in [0.1, 0.15) is 0 Å². The molecule has 0 radical (unpaired) electrons. The number of carbonyl (C=O) groups excluding carboxylic acids is 1. The van der Waals surface area contributed by atoms with E-state index in [1.54, 1.807) is 13.0 Å². The van der Waals surface area contributed by atoms with Gasteiger partial charge in [-0.05, 0) is 31.5 Å². The van der Waals surface area contributed by atoms with Crippen molar-refractivity contribution in [1.29, 1.82) is 0 Å². The van der Waals surface area contributed by atoms with E-state index in [0.717, 1.165) is 10.0 Å². The molecular formula is C13H14BrN3O2. The van der Waals surface area contributed by atoms with E-state index in [1.807, 2.05) is 19.1 Å². The molecule has 0 aliphatic carbocycles. The molecule has 6 heteroatoms. The second-order valence-electron chi connectivity index (χ2n) is 4.15. The molecule has 0 aliphatic rings. The van der Waals surface area contributed by atoms with E-state index in [9.17, 15) is 4.79 Å². The minimum Gasteiger partial charge on any atom is -0.352 e. The van der Waals surface area contributed by atoms with E-state index in [1.165, 1.54) is 0 Å². The zero-order valence-corrected chi connectivity index (χ0v) is 12.3. The van der Waals surface area contributed by atoms with Crippen LogP contribution in [0.3, 0.4) is 0 Å². The summed E-state index contributed by atoms with van der Waals surface area (Å²) in [6, 6.07) is 5.55.